The molecule has 0 radical (unpaired) electrons. The molecule has 4 nitrogen and oxygen atoms in total. The average Bonchev–Trinajstić information content (AvgIpc) is 2.46. The first-order chi connectivity index (χ1) is 10.4. The van der Waals surface area contributed by atoms with Crippen LogP contribution in [0.1, 0.15) is 12.5 Å². The van der Waals surface area contributed by atoms with Crippen LogP contribution in [-0.4, -0.2) is 17.7 Å². The number of amides is 2. The lowest BCUT2D eigenvalue weighted by atomic mass is 9.95. The normalized spacial score (nSPS) is 13.3. The van der Waals surface area contributed by atoms with E-state index in [0.29, 0.717) is 11.8 Å². The maximum atomic E-state index is 13.7. The van der Waals surface area contributed by atoms with E-state index in [2.05, 4.69) is 10.6 Å². The highest BCUT2D eigenvalue weighted by molar-refractivity contribution is 5.89. The average molecular weight is 306 g/mol. The summed E-state index contributed by atoms with van der Waals surface area (Å²) in [5, 5.41) is 15.3. The maximum absolute atomic E-state index is 13.7. The molecule has 0 heterocycles. The number of para-hydroxylation sites is 1. The van der Waals surface area contributed by atoms with Crippen molar-refractivity contribution in [2.45, 2.75) is 12.5 Å². The molecule has 0 aromatic heterocycles. The number of nitrogens with one attached hydrogen (secondary N) is 2. The van der Waals surface area contributed by atoms with Crippen molar-refractivity contribution >= 4 is 11.7 Å². The summed E-state index contributed by atoms with van der Waals surface area (Å²) < 4.78 is 26.6. The zero-order valence-electron chi connectivity index (χ0n) is 11.9. The van der Waals surface area contributed by atoms with E-state index < -0.39 is 23.3 Å². The molecule has 6 heteroatoms. The Balaban J connectivity index is 1.98. The molecule has 0 aliphatic carbocycles. The topological polar surface area (TPSA) is 61.4 Å². The lowest BCUT2D eigenvalue weighted by molar-refractivity contribution is 0.0561. The number of carbonyl (C=O) groups excluding carboxylic acids is 1. The molecule has 22 heavy (non-hydrogen) atoms. The van der Waals surface area contributed by atoms with Crippen LogP contribution in [0.5, 0.6) is 0 Å². The summed E-state index contributed by atoms with van der Waals surface area (Å²) in [6.07, 6.45) is 0. The van der Waals surface area contributed by atoms with E-state index in [0.717, 1.165) is 12.1 Å². The summed E-state index contributed by atoms with van der Waals surface area (Å²) >= 11 is 0. The van der Waals surface area contributed by atoms with Crippen molar-refractivity contribution in [3.63, 3.8) is 0 Å². The van der Waals surface area contributed by atoms with Crippen molar-refractivity contribution in [3.05, 3.63) is 65.7 Å². The van der Waals surface area contributed by atoms with Gasteiger partial charge in [0.2, 0.25) is 0 Å². The van der Waals surface area contributed by atoms with Crippen molar-refractivity contribution in [3.8, 4) is 0 Å². The van der Waals surface area contributed by atoms with Crippen LogP contribution in [0.4, 0.5) is 19.3 Å². The highest BCUT2D eigenvalue weighted by atomic mass is 19.1. The van der Waals surface area contributed by atoms with Crippen molar-refractivity contribution in [1.29, 1.82) is 0 Å². The smallest absolute Gasteiger partial charge is 0.319 e. The molecule has 1 atom stereocenters. The summed E-state index contributed by atoms with van der Waals surface area (Å²) in [6, 6.07) is 11.1. The van der Waals surface area contributed by atoms with Gasteiger partial charge in [0.25, 0.3) is 0 Å². The molecule has 0 saturated carbocycles. The van der Waals surface area contributed by atoms with Gasteiger partial charge in [-0.3, -0.25) is 0 Å². The fraction of sp³-hybridized carbons (Fsp3) is 0.188. The molecule has 0 saturated heterocycles. The lowest BCUT2D eigenvalue weighted by Crippen LogP contribution is -2.41. The first kappa shape index (κ1) is 15.9. The molecule has 116 valence electrons. The lowest BCUT2D eigenvalue weighted by Gasteiger charge is -2.24. The number of carbonyl (C=O) groups is 1. The van der Waals surface area contributed by atoms with Gasteiger partial charge in [-0.2, -0.15) is 0 Å². The molecule has 0 spiro atoms. The fourth-order valence-electron chi connectivity index (χ4n) is 1.97. The van der Waals surface area contributed by atoms with Gasteiger partial charge in [0.1, 0.15) is 17.2 Å². The van der Waals surface area contributed by atoms with E-state index in [4.69, 9.17) is 0 Å². The first-order valence-corrected chi connectivity index (χ1v) is 6.66. The van der Waals surface area contributed by atoms with Crippen LogP contribution in [0.15, 0.2) is 48.5 Å². The Bertz CT molecular complexity index is 660. The molecule has 3 N–H and O–H groups in total. The molecule has 2 rings (SSSR count). The molecular weight excluding hydrogens is 290 g/mol. The quantitative estimate of drug-likeness (QED) is 0.813. The second-order valence-electron chi connectivity index (χ2n) is 5.07. The third kappa shape index (κ3) is 4.02. The summed E-state index contributed by atoms with van der Waals surface area (Å²) in [5.74, 6) is -1.60. The molecular formula is C16H16F2N2O2. The summed E-state index contributed by atoms with van der Waals surface area (Å²) in [5.41, 5.74) is -1.16. The van der Waals surface area contributed by atoms with Crippen LogP contribution in [0, 0.1) is 11.6 Å². The minimum Gasteiger partial charge on any atom is -0.383 e. The summed E-state index contributed by atoms with van der Waals surface area (Å²) in [4.78, 5) is 11.7. The van der Waals surface area contributed by atoms with Crippen LogP contribution in [0.2, 0.25) is 0 Å². The number of urea groups is 1. The van der Waals surface area contributed by atoms with Gasteiger partial charge in [-0.15, -0.1) is 0 Å². The van der Waals surface area contributed by atoms with Crippen LogP contribution in [0.25, 0.3) is 0 Å². The second-order valence-corrected chi connectivity index (χ2v) is 5.07. The Morgan fingerprint density at radius 1 is 1.18 bits per heavy atom. The van der Waals surface area contributed by atoms with Crippen LogP contribution in [0.3, 0.4) is 0 Å². The van der Waals surface area contributed by atoms with Crippen molar-refractivity contribution in [1.82, 2.24) is 5.32 Å². The van der Waals surface area contributed by atoms with Gasteiger partial charge in [0.05, 0.1) is 6.54 Å². The molecule has 0 aliphatic heterocycles. The molecule has 0 bridgehead atoms. The maximum Gasteiger partial charge on any atom is 0.319 e. The monoisotopic (exact) mass is 306 g/mol. The molecule has 2 amide bonds. The first-order valence-electron chi connectivity index (χ1n) is 6.66. The van der Waals surface area contributed by atoms with Gasteiger partial charge in [-0.1, -0.05) is 24.3 Å². The van der Waals surface area contributed by atoms with Gasteiger partial charge >= 0.3 is 6.03 Å². The third-order valence-electron chi connectivity index (χ3n) is 3.14. The Labute approximate surface area is 126 Å². The Morgan fingerprint density at radius 2 is 1.86 bits per heavy atom. The highest BCUT2D eigenvalue weighted by Gasteiger charge is 2.27. The third-order valence-corrected chi connectivity index (χ3v) is 3.14. The minimum atomic E-state index is -1.66. The van der Waals surface area contributed by atoms with Crippen LogP contribution < -0.4 is 10.6 Å². The highest BCUT2D eigenvalue weighted by Crippen LogP contribution is 2.23. The molecule has 2 aromatic rings. The van der Waals surface area contributed by atoms with Gasteiger partial charge in [0.15, 0.2) is 0 Å². The van der Waals surface area contributed by atoms with E-state index in [1.165, 1.54) is 6.92 Å². The number of hydrogen-bond donors (Lipinski definition) is 3. The number of aliphatic hydroxyl groups is 1. The second kappa shape index (κ2) is 6.53. The molecule has 2 aromatic carbocycles. The van der Waals surface area contributed by atoms with Crippen molar-refractivity contribution < 1.29 is 18.7 Å². The number of benzene rings is 2. The van der Waals surface area contributed by atoms with Gasteiger partial charge in [0, 0.05) is 17.3 Å². The van der Waals surface area contributed by atoms with Gasteiger partial charge in [-0.05, 0) is 25.1 Å². The van der Waals surface area contributed by atoms with Crippen molar-refractivity contribution in [2.75, 3.05) is 11.9 Å². The predicted octanol–water partition coefficient (Wildman–Crippen LogP) is 2.99. The van der Waals surface area contributed by atoms with E-state index in [-0.39, 0.29) is 12.1 Å². The van der Waals surface area contributed by atoms with E-state index in [9.17, 15) is 18.7 Å². The van der Waals surface area contributed by atoms with Crippen molar-refractivity contribution in [2.24, 2.45) is 0 Å². The predicted molar refractivity (Wildman–Crippen MR) is 79.4 cm³/mol. The van der Waals surface area contributed by atoms with E-state index in [1.54, 1.807) is 24.3 Å². The number of anilines is 1. The van der Waals surface area contributed by atoms with E-state index >= 15 is 0 Å². The SMILES string of the molecule is CC(O)(CNC(=O)Nc1ccccc1)c1ccc(F)cc1F. The standard InChI is InChI=1S/C16H16F2N2O2/c1-16(22,13-8-7-11(17)9-14(13)18)10-19-15(21)20-12-5-3-2-4-6-12/h2-9,22H,10H2,1H3,(H2,19,20,21). The van der Waals surface area contributed by atoms with Crippen LogP contribution >= 0.6 is 0 Å². The van der Waals surface area contributed by atoms with Gasteiger partial charge in [-0.25, -0.2) is 13.6 Å². The Kier molecular flexibility index (Phi) is 4.72. The zero-order chi connectivity index (χ0) is 16.2. The molecule has 0 fully saturated rings. The summed E-state index contributed by atoms with van der Waals surface area (Å²) in [6.45, 7) is 1.11. The largest absolute Gasteiger partial charge is 0.383 e. The van der Waals surface area contributed by atoms with Gasteiger partial charge < -0.3 is 15.7 Å². The number of hydrogen-bond acceptors (Lipinski definition) is 2. The Morgan fingerprint density at radius 3 is 2.50 bits per heavy atom. The fourth-order valence-corrected chi connectivity index (χ4v) is 1.97. The minimum absolute atomic E-state index is 0.0890. The molecule has 1 unspecified atom stereocenters. The molecule has 0 aliphatic rings. The summed E-state index contributed by atoms with van der Waals surface area (Å²) in [7, 11) is 0. The number of halogens is 2. The van der Waals surface area contributed by atoms with Crippen LogP contribution in [-0.2, 0) is 5.60 Å². The Hall–Kier alpha value is -2.47. The number of rotatable bonds is 4. The zero-order valence-corrected chi connectivity index (χ0v) is 11.9. The van der Waals surface area contributed by atoms with E-state index in [1.807, 2.05) is 6.07 Å².